The third-order valence-electron chi connectivity index (χ3n) is 2.94. The molecule has 1 aromatic heterocycles. The molecule has 0 aliphatic rings. The van der Waals surface area contributed by atoms with Gasteiger partial charge in [0, 0.05) is 23.0 Å². The summed E-state index contributed by atoms with van der Waals surface area (Å²) in [6.07, 6.45) is 1.08. The molecule has 6 heteroatoms. The van der Waals surface area contributed by atoms with Gasteiger partial charge in [-0.2, -0.15) is 5.10 Å². The molecule has 0 N–H and O–H groups in total. The van der Waals surface area contributed by atoms with E-state index in [4.69, 9.17) is 0 Å². The maximum absolute atomic E-state index is 11.1. The van der Waals surface area contributed by atoms with Crippen molar-refractivity contribution in [1.82, 2.24) is 14.8 Å². The molecule has 0 bridgehead atoms. The number of aromatic nitrogens is 3. The predicted octanol–water partition coefficient (Wildman–Crippen LogP) is 2.97. The van der Waals surface area contributed by atoms with Crippen molar-refractivity contribution < 1.29 is 9.53 Å². The molecule has 0 amide bonds. The summed E-state index contributed by atoms with van der Waals surface area (Å²) in [7, 11) is 1.40. The Morgan fingerprint density at radius 2 is 2.05 bits per heavy atom. The van der Waals surface area contributed by atoms with Gasteiger partial charge < -0.3 is 4.74 Å². The first-order valence-corrected chi connectivity index (χ1v) is 7.13. The quantitative estimate of drug-likeness (QED) is 0.787. The number of esters is 1. The summed E-state index contributed by atoms with van der Waals surface area (Å²) in [6.45, 7) is 2.57. The van der Waals surface area contributed by atoms with E-state index in [0.29, 0.717) is 25.2 Å². The number of hydrogen-bond donors (Lipinski definition) is 0. The topological polar surface area (TPSA) is 57.0 Å². The van der Waals surface area contributed by atoms with Crippen LogP contribution in [0.15, 0.2) is 28.7 Å². The molecule has 1 heterocycles. The van der Waals surface area contributed by atoms with E-state index in [1.54, 1.807) is 0 Å². The Kier molecular flexibility index (Phi) is 4.89. The van der Waals surface area contributed by atoms with Gasteiger partial charge in [-0.1, -0.05) is 28.1 Å². The van der Waals surface area contributed by atoms with Gasteiger partial charge in [-0.15, -0.1) is 0 Å². The number of ether oxygens (including phenoxy) is 1. The Balaban J connectivity index is 2.05. The van der Waals surface area contributed by atoms with Crippen LogP contribution in [0.2, 0.25) is 0 Å². The van der Waals surface area contributed by atoms with Gasteiger partial charge in [-0.25, -0.2) is 9.67 Å². The molecule has 0 fully saturated rings. The molecule has 106 valence electrons. The van der Waals surface area contributed by atoms with Crippen molar-refractivity contribution >= 4 is 21.9 Å². The number of rotatable bonds is 5. The highest BCUT2D eigenvalue weighted by atomic mass is 79.9. The van der Waals surface area contributed by atoms with Crippen LogP contribution < -0.4 is 0 Å². The standard InChI is InChI=1S/C14H16BrN3O2/c1-10-16-14(11-5-7-12(15)8-6-11)17-18(10)9-3-4-13(19)20-2/h5-8H,3-4,9H2,1-2H3. The number of methoxy groups -OCH3 is 1. The van der Waals surface area contributed by atoms with Gasteiger partial charge in [0.05, 0.1) is 7.11 Å². The number of carbonyl (C=O) groups is 1. The van der Waals surface area contributed by atoms with E-state index in [1.165, 1.54) is 7.11 Å². The van der Waals surface area contributed by atoms with Crippen molar-refractivity contribution in [3.05, 3.63) is 34.6 Å². The molecule has 0 aliphatic heterocycles. The summed E-state index contributed by atoms with van der Waals surface area (Å²) >= 11 is 3.40. The SMILES string of the molecule is COC(=O)CCCn1nc(-c2ccc(Br)cc2)nc1C. The fourth-order valence-corrected chi connectivity index (χ4v) is 2.09. The lowest BCUT2D eigenvalue weighted by Gasteiger charge is -2.02. The highest BCUT2D eigenvalue weighted by molar-refractivity contribution is 9.10. The molecule has 1 aromatic carbocycles. The smallest absolute Gasteiger partial charge is 0.305 e. The summed E-state index contributed by atoms with van der Waals surface area (Å²) in [5, 5.41) is 4.47. The van der Waals surface area contributed by atoms with Crippen molar-refractivity contribution in [1.29, 1.82) is 0 Å². The summed E-state index contributed by atoms with van der Waals surface area (Å²) in [4.78, 5) is 15.5. The van der Waals surface area contributed by atoms with Crippen molar-refractivity contribution in [2.24, 2.45) is 0 Å². The Bertz CT molecular complexity index is 593. The van der Waals surface area contributed by atoms with E-state index < -0.39 is 0 Å². The fraction of sp³-hybridized carbons (Fsp3) is 0.357. The van der Waals surface area contributed by atoms with Crippen molar-refractivity contribution in [3.63, 3.8) is 0 Å². The van der Waals surface area contributed by atoms with Crippen LogP contribution in [0.4, 0.5) is 0 Å². The minimum atomic E-state index is -0.198. The number of aryl methyl sites for hydroxylation is 2. The van der Waals surface area contributed by atoms with Crippen LogP contribution in [0, 0.1) is 6.92 Å². The van der Waals surface area contributed by atoms with Crippen LogP contribution in [0.5, 0.6) is 0 Å². The number of carbonyl (C=O) groups excluding carboxylic acids is 1. The molecule has 0 radical (unpaired) electrons. The normalized spacial score (nSPS) is 10.6. The zero-order chi connectivity index (χ0) is 14.5. The van der Waals surface area contributed by atoms with Crippen LogP contribution in [0.3, 0.4) is 0 Å². The lowest BCUT2D eigenvalue weighted by atomic mass is 10.2. The third-order valence-corrected chi connectivity index (χ3v) is 3.47. The third kappa shape index (κ3) is 3.66. The maximum atomic E-state index is 11.1. The monoisotopic (exact) mass is 337 g/mol. The first-order valence-electron chi connectivity index (χ1n) is 6.34. The van der Waals surface area contributed by atoms with Crippen molar-refractivity contribution in [2.75, 3.05) is 7.11 Å². The molecule has 0 atom stereocenters. The Hall–Kier alpha value is -1.69. The lowest BCUT2D eigenvalue weighted by Crippen LogP contribution is -2.06. The minimum Gasteiger partial charge on any atom is -0.469 e. The molecule has 0 spiro atoms. The minimum absolute atomic E-state index is 0.198. The van der Waals surface area contributed by atoms with Gasteiger partial charge in [0.1, 0.15) is 5.82 Å². The van der Waals surface area contributed by atoms with E-state index >= 15 is 0 Å². The van der Waals surface area contributed by atoms with Gasteiger partial charge in [0.15, 0.2) is 5.82 Å². The molecule has 2 aromatic rings. The van der Waals surface area contributed by atoms with E-state index in [2.05, 4.69) is 30.7 Å². The average Bonchev–Trinajstić information content (AvgIpc) is 2.81. The van der Waals surface area contributed by atoms with E-state index in [-0.39, 0.29) is 5.97 Å². The first kappa shape index (κ1) is 14.7. The van der Waals surface area contributed by atoms with Crippen LogP contribution in [-0.4, -0.2) is 27.8 Å². The van der Waals surface area contributed by atoms with Crippen LogP contribution in [0.25, 0.3) is 11.4 Å². The van der Waals surface area contributed by atoms with Crippen LogP contribution in [-0.2, 0) is 16.1 Å². The van der Waals surface area contributed by atoms with Crippen molar-refractivity contribution in [2.45, 2.75) is 26.3 Å². The zero-order valence-corrected chi connectivity index (χ0v) is 13.1. The molecule has 0 unspecified atom stereocenters. The summed E-state index contributed by atoms with van der Waals surface area (Å²) in [5.41, 5.74) is 0.975. The van der Waals surface area contributed by atoms with Crippen molar-refractivity contribution in [3.8, 4) is 11.4 Å². The first-order chi connectivity index (χ1) is 9.60. The number of benzene rings is 1. The zero-order valence-electron chi connectivity index (χ0n) is 11.5. The molecule has 2 rings (SSSR count). The molecular weight excluding hydrogens is 322 g/mol. The average molecular weight is 338 g/mol. The molecular formula is C14H16BrN3O2. The Labute approximate surface area is 126 Å². The maximum Gasteiger partial charge on any atom is 0.305 e. The molecule has 5 nitrogen and oxygen atoms in total. The largest absolute Gasteiger partial charge is 0.469 e. The Morgan fingerprint density at radius 3 is 2.70 bits per heavy atom. The molecule has 0 saturated carbocycles. The summed E-state index contributed by atoms with van der Waals surface area (Å²) < 4.78 is 7.46. The summed E-state index contributed by atoms with van der Waals surface area (Å²) in [5.74, 6) is 1.34. The van der Waals surface area contributed by atoms with Gasteiger partial charge >= 0.3 is 5.97 Å². The Morgan fingerprint density at radius 1 is 1.35 bits per heavy atom. The summed E-state index contributed by atoms with van der Waals surface area (Å²) in [6, 6.07) is 7.86. The van der Waals surface area contributed by atoms with Gasteiger partial charge in [-0.05, 0) is 25.5 Å². The predicted molar refractivity (Wildman–Crippen MR) is 79.1 cm³/mol. The second-order valence-electron chi connectivity index (χ2n) is 4.39. The van der Waals surface area contributed by atoms with Crippen LogP contribution in [0.1, 0.15) is 18.7 Å². The molecule has 0 saturated heterocycles. The van der Waals surface area contributed by atoms with Gasteiger partial charge in [0.2, 0.25) is 0 Å². The molecule has 20 heavy (non-hydrogen) atoms. The van der Waals surface area contributed by atoms with E-state index in [9.17, 15) is 4.79 Å². The molecule has 0 aliphatic carbocycles. The van der Waals surface area contributed by atoms with Gasteiger partial charge in [-0.3, -0.25) is 4.79 Å². The highest BCUT2D eigenvalue weighted by Crippen LogP contribution is 2.19. The number of halogens is 1. The van der Waals surface area contributed by atoms with E-state index in [1.807, 2.05) is 35.9 Å². The lowest BCUT2D eigenvalue weighted by molar-refractivity contribution is -0.140. The second-order valence-corrected chi connectivity index (χ2v) is 5.31. The van der Waals surface area contributed by atoms with Crippen LogP contribution >= 0.6 is 15.9 Å². The number of hydrogen-bond acceptors (Lipinski definition) is 4. The highest BCUT2D eigenvalue weighted by Gasteiger charge is 2.09. The van der Waals surface area contributed by atoms with Gasteiger partial charge in [0.25, 0.3) is 0 Å². The number of nitrogens with zero attached hydrogens (tertiary/aromatic N) is 3. The second kappa shape index (κ2) is 6.65. The fourth-order valence-electron chi connectivity index (χ4n) is 1.83. The van der Waals surface area contributed by atoms with E-state index in [0.717, 1.165) is 15.9 Å².